The average molecular weight is 357 g/mol. The Bertz CT molecular complexity index is 713. The third kappa shape index (κ3) is 2.41. The molecule has 0 unspecified atom stereocenters. The number of nitrogens with one attached hydrogen (secondary N) is 1. The van der Waals surface area contributed by atoms with Crippen molar-refractivity contribution in [3.05, 3.63) is 29.8 Å². The van der Waals surface area contributed by atoms with Crippen molar-refractivity contribution in [3.63, 3.8) is 0 Å². The molecule has 2 bridgehead atoms. The van der Waals surface area contributed by atoms with Crippen LogP contribution in [0.2, 0.25) is 0 Å². The largest absolute Gasteiger partial charge is 0.508 e. The Labute approximate surface area is 156 Å². The van der Waals surface area contributed by atoms with E-state index in [2.05, 4.69) is 19.2 Å². The first-order valence-electron chi connectivity index (χ1n) is 9.97. The number of para-hydroxylation sites is 1. The molecule has 1 aliphatic heterocycles. The van der Waals surface area contributed by atoms with Crippen molar-refractivity contribution in [2.75, 3.05) is 6.61 Å². The third-order valence-electron chi connectivity index (χ3n) is 7.56. The van der Waals surface area contributed by atoms with Gasteiger partial charge < -0.3 is 15.2 Å². The van der Waals surface area contributed by atoms with Crippen molar-refractivity contribution in [2.45, 2.75) is 59.1 Å². The van der Waals surface area contributed by atoms with E-state index >= 15 is 0 Å². The van der Waals surface area contributed by atoms with Gasteiger partial charge in [0.2, 0.25) is 5.91 Å². The average Bonchev–Trinajstić information content (AvgIpc) is 3.08. The maximum absolute atomic E-state index is 12.6. The first kappa shape index (κ1) is 17.8. The summed E-state index contributed by atoms with van der Waals surface area (Å²) in [6.45, 7) is 9.24. The fourth-order valence-electron chi connectivity index (χ4n) is 6.13. The summed E-state index contributed by atoms with van der Waals surface area (Å²) in [6.07, 6.45) is 3.18. The van der Waals surface area contributed by atoms with Crippen LogP contribution in [0.1, 0.15) is 58.6 Å². The minimum atomic E-state index is -0.0792. The smallest absolute Gasteiger partial charge is 0.222 e. The molecule has 1 heterocycles. The Hall–Kier alpha value is -1.55. The third-order valence-corrected chi connectivity index (χ3v) is 7.56. The van der Waals surface area contributed by atoms with Gasteiger partial charge >= 0.3 is 0 Å². The van der Waals surface area contributed by atoms with Crippen molar-refractivity contribution < 1.29 is 14.6 Å². The molecule has 5 atom stereocenters. The van der Waals surface area contributed by atoms with Crippen LogP contribution >= 0.6 is 0 Å². The zero-order valence-electron chi connectivity index (χ0n) is 16.3. The Morgan fingerprint density at radius 1 is 1.31 bits per heavy atom. The molecule has 4 rings (SSSR count). The Morgan fingerprint density at radius 3 is 2.73 bits per heavy atom. The molecule has 0 radical (unpaired) electrons. The Balaban J connectivity index is 1.71. The highest BCUT2D eigenvalue weighted by molar-refractivity contribution is 5.78. The number of aromatic hydroxyl groups is 1. The highest BCUT2D eigenvalue weighted by atomic mass is 16.5. The molecule has 1 aromatic carbocycles. The van der Waals surface area contributed by atoms with Gasteiger partial charge in [0, 0.05) is 24.1 Å². The number of hydrogen-bond acceptors (Lipinski definition) is 3. The molecule has 4 nitrogen and oxygen atoms in total. The molecule has 26 heavy (non-hydrogen) atoms. The monoisotopic (exact) mass is 357 g/mol. The van der Waals surface area contributed by atoms with Gasteiger partial charge in [0.05, 0.1) is 6.10 Å². The number of phenolic OH excluding ortho intramolecular Hbond substituents is 1. The van der Waals surface area contributed by atoms with Crippen LogP contribution in [0.25, 0.3) is 0 Å². The summed E-state index contributed by atoms with van der Waals surface area (Å²) in [6, 6.07) is 7.72. The number of fused-ring (bicyclic) bond motifs is 1. The summed E-state index contributed by atoms with van der Waals surface area (Å²) in [5.41, 5.74) is 1.07. The summed E-state index contributed by atoms with van der Waals surface area (Å²) in [4.78, 5) is 12.6. The SMILES string of the molecule is CC(C)C(=O)N[C@@H]1C(C)(C)[C@@H]2C[C@@H]3[C@@H](c4ccccc4O)OCC[C@@]31C2. The number of rotatable bonds is 3. The number of ether oxygens (including phenoxy) is 1. The summed E-state index contributed by atoms with van der Waals surface area (Å²) in [5.74, 6) is 1.39. The molecule has 1 aromatic rings. The molecule has 2 N–H and O–H groups in total. The Morgan fingerprint density at radius 2 is 2.04 bits per heavy atom. The van der Waals surface area contributed by atoms with Crippen LogP contribution in [0.5, 0.6) is 5.75 Å². The molecule has 142 valence electrons. The van der Waals surface area contributed by atoms with E-state index in [1.165, 1.54) is 0 Å². The summed E-state index contributed by atoms with van der Waals surface area (Å²) >= 11 is 0. The predicted octanol–water partition coefficient (Wildman–Crippen LogP) is 4.05. The van der Waals surface area contributed by atoms with Gasteiger partial charge in [-0.1, -0.05) is 45.9 Å². The molecular formula is C22H31NO3. The van der Waals surface area contributed by atoms with E-state index in [9.17, 15) is 9.90 Å². The van der Waals surface area contributed by atoms with Crippen LogP contribution in [-0.4, -0.2) is 23.7 Å². The zero-order chi connectivity index (χ0) is 18.7. The number of carbonyl (C=O) groups is 1. The quantitative estimate of drug-likeness (QED) is 0.858. The Kier molecular flexibility index (Phi) is 4.11. The normalized spacial score (nSPS) is 37.6. The van der Waals surface area contributed by atoms with Gasteiger partial charge in [-0.05, 0) is 48.0 Å². The molecule has 1 saturated heterocycles. The highest BCUT2D eigenvalue weighted by Gasteiger charge is 2.68. The van der Waals surface area contributed by atoms with E-state index in [-0.39, 0.29) is 34.8 Å². The lowest BCUT2D eigenvalue weighted by Crippen LogP contribution is -2.59. The molecule has 3 fully saturated rings. The fraction of sp³-hybridized carbons (Fsp3) is 0.682. The number of hydrogen-bond donors (Lipinski definition) is 2. The summed E-state index contributed by atoms with van der Waals surface area (Å²) < 4.78 is 6.20. The van der Waals surface area contributed by atoms with Crippen LogP contribution in [0.3, 0.4) is 0 Å². The lowest BCUT2D eigenvalue weighted by atomic mass is 9.58. The van der Waals surface area contributed by atoms with Crippen molar-refractivity contribution >= 4 is 5.91 Å². The van der Waals surface area contributed by atoms with E-state index in [0.29, 0.717) is 24.2 Å². The van der Waals surface area contributed by atoms with Crippen molar-refractivity contribution in [1.29, 1.82) is 0 Å². The number of amides is 1. The van der Waals surface area contributed by atoms with Crippen LogP contribution in [0.4, 0.5) is 0 Å². The lowest BCUT2D eigenvalue weighted by Gasteiger charge is -2.53. The first-order valence-corrected chi connectivity index (χ1v) is 9.97. The van der Waals surface area contributed by atoms with E-state index in [1.807, 2.05) is 32.0 Å². The zero-order valence-corrected chi connectivity index (χ0v) is 16.3. The van der Waals surface area contributed by atoms with E-state index in [1.54, 1.807) is 6.07 Å². The molecule has 1 spiro atoms. The van der Waals surface area contributed by atoms with Gasteiger partial charge in [0.15, 0.2) is 0 Å². The molecule has 4 heteroatoms. The molecule has 0 aromatic heterocycles. The van der Waals surface area contributed by atoms with Crippen LogP contribution in [0, 0.1) is 28.6 Å². The van der Waals surface area contributed by atoms with Crippen molar-refractivity contribution in [3.8, 4) is 5.75 Å². The highest BCUT2D eigenvalue weighted by Crippen LogP contribution is 2.70. The number of carbonyl (C=O) groups excluding carboxylic acids is 1. The maximum Gasteiger partial charge on any atom is 0.222 e. The summed E-state index contributed by atoms with van der Waals surface area (Å²) in [5, 5.41) is 13.8. The minimum absolute atomic E-state index is 0.00594. The van der Waals surface area contributed by atoms with Gasteiger partial charge in [0.25, 0.3) is 0 Å². The van der Waals surface area contributed by atoms with Gasteiger partial charge in [-0.15, -0.1) is 0 Å². The van der Waals surface area contributed by atoms with Gasteiger partial charge in [0.1, 0.15) is 5.75 Å². The fourth-order valence-corrected chi connectivity index (χ4v) is 6.13. The van der Waals surface area contributed by atoms with E-state index in [4.69, 9.17) is 4.74 Å². The van der Waals surface area contributed by atoms with E-state index < -0.39 is 0 Å². The number of phenols is 1. The molecule has 3 aliphatic rings. The standard InChI is InChI=1S/C22H31NO3/c1-13(2)19(25)23-20-21(3,4)14-11-16-18(15-7-5-6-8-17(15)24)26-10-9-22(16,20)12-14/h5-8,13-14,16,18,20,24H,9-12H2,1-4H3,(H,23,25)/t14-,16-,18-,20-,22-/m1/s1. The first-order chi connectivity index (χ1) is 12.3. The predicted molar refractivity (Wildman–Crippen MR) is 101 cm³/mol. The van der Waals surface area contributed by atoms with Gasteiger partial charge in [-0.3, -0.25) is 4.79 Å². The van der Waals surface area contributed by atoms with E-state index in [0.717, 1.165) is 24.8 Å². The lowest BCUT2D eigenvalue weighted by molar-refractivity contribution is -0.139. The van der Waals surface area contributed by atoms with Crippen molar-refractivity contribution in [2.24, 2.45) is 28.6 Å². The van der Waals surface area contributed by atoms with Crippen molar-refractivity contribution in [1.82, 2.24) is 5.32 Å². The number of benzene rings is 1. The molecular weight excluding hydrogens is 326 g/mol. The van der Waals surface area contributed by atoms with Crippen LogP contribution in [-0.2, 0) is 9.53 Å². The van der Waals surface area contributed by atoms with Gasteiger partial charge in [-0.2, -0.15) is 0 Å². The maximum atomic E-state index is 12.6. The van der Waals surface area contributed by atoms with Gasteiger partial charge in [-0.25, -0.2) is 0 Å². The molecule has 2 aliphatic carbocycles. The van der Waals surface area contributed by atoms with Crippen LogP contribution in [0.15, 0.2) is 24.3 Å². The van der Waals surface area contributed by atoms with Crippen LogP contribution < -0.4 is 5.32 Å². The topological polar surface area (TPSA) is 58.6 Å². The second-order valence-corrected chi connectivity index (χ2v) is 9.49. The second kappa shape index (κ2) is 5.98. The second-order valence-electron chi connectivity index (χ2n) is 9.49. The minimum Gasteiger partial charge on any atom is -0.508 e. The molecule has 2 saturated carbocycles. The molecule has 1 amide bonds. The summed E-state index contributed by atoms with van der Waals surface area (Å²) in [7, 11) is 0.